The molecule has 0 spiro atoms. The minimum absolute atomic E-state index is 0.0737. The number of thiophene rings is 1. The maximum Gasteiger partial charge on any atom is 0.222 e. The Bertz CT molecular complexity index is 637. The number of hydrogen-bond donors (Lipinski definition) is 2. The second-order valence-electron chi connectivity index (χ2n) is 5.17. The molecule has 1 aromatic carbocycles. The van der Waals surface area contributed by atoms with E-state index in [1.807, 2.05) is 48.7 Å². The molecular formula is C17H20N2O2S. The van der Waals surface area contributed by atoms with E-state index in [0.717, 1.165) is 10.4 Å². The van der Waals surface area contributed by atoms with Crippen LogP contribution >= 0.6 is 11.3 Å². The molecule has 1 heterocycles. The fourth-order valence-corrected chi connectivity index (χ4v) is 3.05. The van der Waals surface area contributed by atoms with Crippen molar-refractivity contribution in [2.75, 3.05) is 0 Å². The number of aryl methyl sites for hydroxylation is 1. The van der Waals surface area contributed by atoms with E-state index >= 15 is 0 Å². The average molecular weight is 316 g/mol. The number of carbonyl (C=O) groups excluding carboxylic acids is 2. The number of carbonyl (C=O) groups is 2. The van der Waals surface area contributed by atoms with Crippen LogP contribution in [-0.4, -0.2) is 11.8 Å². The number of benzene rings is 1. The minimum atomic E-state index is -0.303. The molecule has 0 saturated heterocycles. The number of amides is 2. The van der Waals surface area contributed by atoms with Gasteiger partial charge in [-0.3, -0.25) is 9.59 Å². The van der Waals surface area contributed by atoms with Crippen molar-refractivity contribution in [3.8, 4) is 0 Å². The van der Waals surface area contributed by atoms with E-state index < -0.39 is 0 Å². The van der Waals surface area contributed by atoms with Gasteiger partial charge in [0.25, 0.3) is 0 Å². The SMILES string of the molecule is CC(=O)NC(CC(=O)NCc1sccc1C)c1ccccc1. The summed E-state index contributed by atoms with van der Waals surface area (Å²) in [5, 5.41) is 7.77. The first-order valence-electron chi connectivity index (χ1n) is 7.18. The van der Waals surface area contributed by atoms with Crippen molar-refractivity contribution in [2.24, 2.45) is 0 Å². The fourth-order valence-electron chi connectivity index (χ4n) is 2.20. The van der Waals surface area contributed by atoms with Gasteiger partial charge in [0.2, 0.25) is 11.8 Å². The molecule has 0 aliphatic heterocycles. The van der Waals surface area contributed by atoms with Gasteiger partial charge in [0.1, 0.15) is 0 Å². The van der Waals surface area contributed by atoms with Crippen molar-refractivity contribution in [1.29, 1.82) is 0 Å². The molecular weight excluding hydrogens is 296 g/mol. The van der Waals surface area contributed by atoms with Crippen LogP contribution in [-0.2, 0) is 16.1 Å². The Hall–Kier alpha value is -2.14. The molecule has 2 N–H and O–H groups in total. The van der Waals surface area contributed by atoms with Crippen LogP contribution in [0.15, 0.2) is 41.8 Å². The molecule has 0 fully saturated rings. The highest BCUT2D eigenvalue weighted by atomic mass is 32.1. The zero-order chi connectivity index (χ0) is 15.9. The van der Waals surface area contributed by atoms with E-state index in [2.05, 4.69) is 10.6 Å². The van der Waals surface area contributed by atoms with Crippen molar-refractivity contribution < 1.29 is 9.59 Å². The van der Waals surface area contributed by atoms with E-state index in [1.165, 1.54) is 12.5 Å². The fraction of sp³-hybridized carbons (Fsp3) is 0.294. The first kappa shape index (κ1) is 16.2. The monoisotopic (exact) mass is 316 g/mol. The molecule has 2 aromatic rings. The van der Waals surface area contributed by atoms with Crippen LogP contribution in [0.4, 0.5) is 0 Å². The van der Waals surface area contributed by atoms with Gasteiger partial charge in [-0.1, -0.05) is 30.3 Å². The topological polar surface area (TPSA) is 58.2 Å². The lowest BCUT2D eigenvalue weighted by Gasteiger charge is -2.18. The van der Waals surface area contributed by atoms with Crippen LogP contribution in [0.5, 0.6) is 0 Å². The van der Waals surface area contributed by atoms with Crippen LogP contribution in [0.2, 0.25) is 0 Å². The molecule has 2 rings (SSSR count). The Balaban J connectivity index is 1.96. The average Bonchev–Trinajstić information content (AvgIpc) is 2.90. The second-order valence-corrected chi connectivity index (χ2v) is 6.17. The summed E-state index contributed by atoms with van der Waals surface area (Å²) in [6.45, 7) is 4.02. The van der Waals surface area contributed by atoms with E-state index in [0.29, 0.717) is 6.54 Å². The molecule has 0 aliphatic rings. The third-order valence-corrected chi connectivity index (χ3v) is 4.41. The summed E-state index contributed by atoms with van der Waals surface area (Å²) in [7, 11) is 0. The molecule has 1 aromatic heterocycles. The molecule has 22 heavy (non-hydrogen) atoms. The molecule has 0 radical (unpaired) electrons. The van der Waals surface area contributed by atoms with Crippen molar-refractivity contribution >= 4 is 23.2 Å². The number of rotatable bonds is 6. The summed E-state index contributed by atoms with van der Waals surface area (Å²) in [4.78, 5) is 24.7. The van der Waals surface area contributed by atoms with Gasteiger partial charge in [-0.2, -0.15) is 0 Å². The lowest BCUT2D eigenvalue weighted by atomic mass is 10.0. The molecule has 0 bridgehead atoms. The number of nitrogens with one attached hydrogen (secondary N) is 2. The number of hydrogen-bond acceptors (Lipinski definition) is 3. The van der Waals surface area contributed by atoms with Crippen LogP contribution < -0.4 is 10.6 Å². The first-order valence-corrected chi connectivity index (χ1v) is 8.06. The zero-order valence-electron chi connectivity index (χ0n) is 12.8. The van der Waals surface area contributed by atoms with Gasteiger partial charge < -0.3 is 10.6 Å². The standard InChI is InChI=1S/C17H20N2O2S/c1-12-8-9-22-16(12)11-18-17(21)10-15(19-13(2)20)14-6-4-3-5-7-14/h3-9,15H,10-11H2,1-2H3,(H,18,21)(H,19,20). The largest absolute Gasteiger partial charge is 0.351 e. The lowest BCUT2D eigenvalue weighted by molar-refractivity contribution is -0.122. The van der Waals surface area contributed by atoms with E-state index in [4.69, 9.17) is 0 Å². The van der Waals surface area contributed by atoms with Crippen LogP contribution in [0.1, 0.15) is 35.4 Å². The molecule has 0 aliphatic carbocycles. The van der Waals surface area contributed by atoms with E-state index in [1.54, 1.807) is 11.3 Å². The summed E-state index contributed by atoms with van der Waals surface area (Å²) < 4.78 is 0. The van der Waals surface area contributed by atoms with Gasteiger partial charge in [0.15, 0.2) is 0 Å². The minimum Gasteiger partial charge on any atom is -0.351 e. The Morgan fingerprint density at radius 1 is 1.18 bits per heavy atom. The summed E-state index contributed by atoms with van der Waals surface area (Å²) in [6, 6.07) is 11.3. The molecule has 5 heteroatoms. The Labute approximate surface area is 134 Å². The smallest absolute Gasteiger partial charge is 0.222 e. The summed E-state index contributed by atoms with van der Waals surface area (Å²) in [5.41, 5.74) is 2.12. The maximum atomic E-state index is 12.2. The second kappa shape index (κ2) is 7.75. The molecule has 0 saturated carbocycles. The molecule has 4 nitrogen and oxygen atoms in total. The normalized spacial score (nSPS) is 11.7. The van der Waals surface area contributed by atoms with E-state index in [9.17, 15) is 9.59 Å². The molecule has 116 valence electrons. The summed E-state index contributed by atoms with van der Waals surface area (Å²) in [6.07, 6.45) is 0.230. The summed E-state index contributed by atoms with van der Waals surface area (Å²) in [5.74, 6) is -0.217. The van der Waals surface area contributed by atoms with Crippen molar-refractivity contribution in [3.05, 3.63) is 57.8 Å². The molecule has 1 unspecified atom stereocenters. The van der Waals surface area contributed by atoms with Gasteiger partial charge >= 0.3 is 0 Å². The first-order chi connectivity index (χ1) is 10.6. The van der Waals surface area contributed by atoms with Crippen molar-refractivity contribution in [3.63, 3.8) is 0 Å². The van der Waals surface area contributed by atoms with Crippen LogP contribution in [0.3, 0.4) is 0 Å². The van der Waals surface area contributed by atoms with Gasteiger partial charge in [0, 0.05) is 11.8 Å². The Kier molecular flexibility index (Phi) is 5.72. The third kappa shape index (κ3) is 4.70. The Morgan fingerprint density at radius 3 is 2.50 bits per heavy atom. The van der Waals surface area contributed by atoms with Gasteiger partial charge in [0.05, 0.1) is 19.0 Å². The van der Waals surface area contributed by atoms with Crippen LogP contribution in [0.25, 0.3) is 0 Å². The Morgan fingerprint density at radius 2 is 1.91 bits per heavy atom. The zero-order valence-corrected chi connectivity index (χ0v) is 13.6. The van der Waals surface area contributed by atoms with Crippen LogP contribution in [0, 0.1) is 6.92 Å². The predicted octanol–water partition coefficient (Wildman–Crippen LogP) is 2.94. The lowest BCUT2D eigenvalue weighted by Crippen LogP contribution is -2.32. The molecule has 1 atom stereocenters. The highest BCUT2D eigenvalue weighted by Gasteiger charge is 2.16. The predicted molar refractivity (Wildman–Crippen MR) is 88.5 cm³/mol. The highest BCUT2D eigenvalue weighted by Crippen LogP contribution is 2.18. The van der Waals surface area contributed by atoms with Gasteiger partial charge in [-0.05, 0) is 29.5 Å². The maximum absolute atomic E-state index is 12.2. The highest BCUT2D eigenvalue weighted by molar-refractivity contribution is 7.10. The van der Waals surface area contributed by atoms with Crippen molar-refractivity contribution in [2.45, 2.75) is 32.9 Å². The van der Waals surface area contributed by atoms with Gasteiger partial charge in [-0.15, -0.1) is 11.3 Å². The summed E-state index contributed by atoms with van der Waals surface area (Å²) >= 11 is 1.63. The van der Waals surface area contributed by atoms with Crippen molar-refractivity contribution in [1.82, 2.24) is 10.6 Å². The van der Waals surface area contributed by atoms with E-state index in [-0.39, 0.29) is 24.3 Å². The third-order valence-electron chi connectivity index (χ3n) is 3.38. The van der Waals surface area contributed by atoms with Gasteiger partial charge in [-0.25, -0.2) is 0 Å². The quantitative estimate of drug-likeness (QED) is 0.861. The molecule has 2 amide bonds.